The van der Waals surface area contributed by atoms with E-state index in [0.717, 1.165) is 25.0 Å². The Balaban J connectivity index is 1.72. The Morgan fingerprint density at radius 2 is 1.96 bits per heavy atom. The summed E-state index contributed by atoms with van der Waals surface area (Å²) in [5.74, 6) is -1.57. The van der Waals surface area contributed by atoms with Gasteiger partial charge in [0, 0.05) is 19.7 Å². The zero-order valence-electron chi connectivity index (χ0n) is 13.0. The second-order valence-electron chi connectivity index (χ2n) is 5.55. The van der Waals surface area contributed by atoms with Crippen LogP contribution in [-0.2, 0) is 26.9 Å². The molecule has 0 aromatic heterocycles. The molecule has 24 heavy (non-hydrogen) atoms. The number of hydrogen-bond donors (Lipinski definition) is 2. The molecule has 2 N–H and O–H groups in total. The molecule has 0 bridgehead atoms. The van der Waals surface area contributed by atoms with Crippen LogP contribution in [-0.4, -0.2) is 37.6 Å². The highest BCUT2D eigenvalue weighted by Gasteiger charge is 2.30. The molecule has 1 fully saturated rings. The second-order valence-corrected chi connectivity index (χ2v) is 5.55. The van der Waals surface area contributed by atoms with Gasteiger partial charge in [-0.1, -0.05) is 18.2 Å². The summed E-state index contributed by atoms with van der Waals surface area (Å²) in [5.41, 5.74) is -0.300. The van der Waals surface area contributed by atoms with Crippen LogP contribution in [0, 0.1) is 0 Å². The summed E-state index contributed by atoms with van der Waals surface area (Å²) in [6.45, 7) is 1.01. The molecule has 0 spiro atoms. The number of amides is 2. The van der Waals surface area contributed by atoms with Crippen LogP contribution >= 0.6 is 0 Å². The third-order valence-corrected chi connectivity index (χ3v) is 3.67. The van der Waals surface area contributed by atoms with Crippen molar-refractivity contribution in [3.63, 3.8) is 0 Å². The Kier molecular flexibility index (Phi) is 6.19. The maximum Gasteiger partial charge on any atom is 0.416 e. The van der Waals surface area contributed by atoms with E-state index < -0.39 is 23.6 Å². The van der Waals surface area contributed by atoms with Gasteiger partial charge in [0.05, 0.1) is 11.7 Å². The molecule has 8 heteroatoms. The van der Waals surface area contributed by atoms with Gasteiger partial charge in [-0.25, -0.2) is 0 Å². The van der Waals surface area contributed by atoms with E-state index >= 15 is 0 Å². The first-order chi connectivity index (χ1) is 11.4. The number of rotatable bonds is 5. The topological polar surface area (TPSA) is 67.4 Å². The van der Waals surface area contributed by atoms with E-state index in [4.69, 9.17) is 4.74 Å². The summed E-state index contributed by atoms with van der Waals surface area (Å²) in [5, 5.41) is 4.87. The number of hydrogen-bond acceptors (Lipinski definition) is 3. The van der Waals surface area contributed by atoms with Gasteiger partial charge in [-0.05, 0) is 30.9 Å². The fraction of sp³-hybridized carbons (Fsp3) is 0.500. The van der Waals surface area contributed by atoms with E-state index in [2.05, 4.69) is 10.6 Å². The van der Waals surface area contributed by atoms with Crippen LogP contribution in [0.2, 0.25) is 0 Å². The summed E-state index contributed by atoms with van der Waals surface area (Å²) >= 11 is 0. The van der Waals surface area contributed by atoms with Crippen molar-refractivity contribution < 1.29 is 27.5 Å². The molecule has 2 amide bonds. The summed E-state index contributed by atoms with van der Waals surface area (Å²) < 4.78 is 43.1. The largest absolute Gasteiger partial charge is 0.416 e. The van der Waals surface area contributed by atoms with Crippen molar-refractivity contribution in [1.82, 2.24) is 10.6 Å². The molecular formula is C16H19F3N2O3. The molecule has 2 rings (SSSR count). The van der Waals surface area contributed by atoms with Gasteiger partial charge in [-0.15, -0.1) is 0 Å². The van der Waals surface area contributed by atoms with Crippen LogP contribution in [0.5, 0.6) is 0 Å². The van der Waals surface area contributed by atoms with Crippen molar-refractivity contribution in [2.24, 2.45) is 0 Å². The Morgan fingerprint density at radius 1 is 1.21 bits per heavy atom. The minimum absolute atomic E-state index is 0.0631. The Labute approximate surface area is 137 Å². The van der Waals surface area contributed by atoms with Gasteiger partial charge in [0.15, 0.2) is 0 Å². The van der Waals surface area contributed by atoms with Gasteiger partial charge in [0.1, 0.15) is 0 Å². The third-order valence-electron chi connectivity index (χ3n) is 3.67. The summed E-state index contributed by atoms with van der Waals surface area (Å²) in [6.07, 6.45) is -2.48. The van der Waals surface area contributed by atoms with Crippen molar-refractivity contribution in [2.75, 3.05) is 19.7 Å². The van der Waals surface area contributed by atoms with Crippen molar-refractivity contribution in [3.8, 4) is 0 Å². The molecule has 0 aliphatic carbocycles. The number of carbonyl (C=O) groups excluding carboxylic acids is 2. The first-order valence-corrected chi connectivity index (χ1v) is 7.70. The molecule has 132 valence electrons. The van der Waals surface area contributed by atoms with Gasteiger partial charge in [0.2, 0.25) is 0 Å². The average molecular weight is 344 g/mol. The summed E-state index contributed by atoms with van der Waals surface area (Å²) in [4.78, 5) is 23.2. The third kappa shape index (κ3) is 5.52. The first kappa shape index (κ1) is 18.3. The molecule has 0 radical (unpaired) electrons. The Bertz CT molecular complexity index is 584. The lowest BCUT2D eigenvalue weighted by atomic mass is 10.1. The van der Waals surface area contributed by atoms with E-state index in [-0.39, 0.29) is 25.6 Å². The van der Waals surface area contributed by atoms with E-state index in [1.54, 1.807) is 6.07 Å². The molecule has 1 heterocycles. The zero-order valence-corrected chi connectivity index (χ0v) is 13.0. The van der Waals surface area contributed by atoms with Crippen molar-refractivity contribution in [1.29, 1.82) is 0 Å². The van der Waals surface area contributed by atoms with E-state index in [9.17, 15) is 22.8 Å². The van der Waals surface area contributed by atoms with Crippen LogP contribution in [0.3, 0.4) is 0 Å². The molecule has 1 aliphatic heterocycles. The van der Waals surface area contributed by atoms with Crippen LogP contribution in [0.1, 0.15) is 24.0 Å². The van der Waals surface area contributed by atoms with Crippen LogP contribution < -0.4 is 10.6 Å². The lowest BCUT2D eigenvalue weighted by molar-refractivity contribution is -0.139. The normalized spacial score (nSPS) is 17.5. The fourth-order valence-electron chi connectivity index (χ4n) is 2.40. The summed E-state index contributed by atoms with van der Waals surface area (Å²) in [6, 6.07) is 4.87. The summed E-state index contributed by atoms with van der Waals surface area (Å²) in [7, 11) is 0. The van der Waals surface area contributed by atoms with Crippen LogP contribution in [0.25, 0.3) is 0 Å². The van der Waals surface area contributed by atoms with Crippen molar-refractivity contribution >= 4 is 11.8 Å². The molecule has 1 saturated heterocycles. The van der Waals surface area contributed by atoms with Gasteiger partial charge >= 0.3 is 18.0 Å². The standard InChI is InChI=1S/C16H19F3N2O3/c17-16(18,19)12-4-1-3-11(9-12)6-7-20-14(22)15(23)21-10-13-5-2-8-24-13/h1,3-4,9,13H,2,5-8,10H2,(H,20,22)(H,21,23)/t13-/m1/s1. The molecular weight excluding hydrogens is 325 g/mol. The SMILES string of the molecule is O=C(NCCc1cccc(C(F)(F)F)c1)C(=O)NC[C@H]1CCCO1. The number of alkyl halides is 3. The number of ether oxygens (including phenoxy) is 1. The predicted molar refractivity (Wildman–Crippen MR) is 80.1 cm³/mol. The van der Waals surface area contributed by atoms with Gasteiger partial charge in [-0.3, -0.25) is 9.59 Å². The minimum atomic E-state index is -4.40. The maximum absolute atomic E-state index is 12.6. The van der Waals surface area contributed by atoms with E-state index in [1.807, 2.05) is 0 Å². The molecule has 1 atom stereocenters. The molecule has 5 nitrogen and oxygen atoms in total. The highest BCUT2D eigenvalue weighted by Crippen LogP contribution is 2.29. The zero-order chi connectivity index (χ0) is 17.6. The number of benzene rings is 1. The average Bonchev–Trinajstić information content (AvgIpc) is 3.05. The molecule has 0 unspecified atom stereocenters. The highest BCUT2D eigenvalue weighted by atomic mass is 19.4. The molecule has 0 saturated carbocycles. The number of halogens is 3. The lowest BCUT2D eigenvalue weighted by Crippen LogP contribution is -2.43. The van der Waals surface area contributed by atoms with Gasteiger partial charge in [-0.2, -0.15) is 13.2 Å². The number of carbonyl (C=O) groups is 2. The maximum atomic E-state index is 12.6. The van der Waals surface area contributed by atoms with Crippen molar-refractivity contribution in [3.05, 3.63) is 35.4 Å². The van der Waals surface area contributed by atoms with E-state index in [0.29, 0.717) is 12.2 Å². The Hall–Kier alpha value is -2.09. The smallest absolute Gasteiger partial charge is 0.376 e. The van der Waals surface area contributed by atoms with Crippen LogP contribution in [0.15, 0.2) is 24.3 Å². The predicted octanol–water partition coefficient (Wildman–Crippen LogP) is 1.66. The molecule has 1 aromatic carbocycles. The fourth-order valence-corrected chi connectivity index (χ4v) is 2.40. The van der Waals surface area contributed by atoms with Gasteiger partial charge < -0.3 is 15.4 Å². The van der Waals surface area contributed by atoms with E-state index in [1.165, 1.54) is 6.07 Å². The molecule has 1 aromatic rings. The van der Waals surface area contributed by atoms with Crippen LogP contribution in [0.4, 0.5) is 13.2 Å². The first-order valence-electron chi connectivity index (χ1n) is 7.70. The monoisotopic (exact) mass is 344 g/mol. The van der Waals surface area contributed by atoms with Crippen molar-refractivity contribution in [2.45, 2.75) is 31.5 Å². The minimum Gasteiger partial charge on any atom is -0.376 e. The van der Waals surface area contributed by atoms with Gasteiger partial charge in [0.25, 0.3) is 0 Å². The highest BCUT2D eigenvalue weighted by molar-refractivity contribution is 6.35. The number of nitrogens with one attached hydrogen (secondary N) is 2. The quantitative estimate of drug-likeness (QED) is 0.799. The molecule has 1 aliphatic rings. The second kappa shape index (κ2) is 8.14. The lowest BCUT2D eigenvalue weighted by Gasteiger charge is -2.11. The Morgan fingerprint density at radius 3 is 2.62 bits per heavy atom.